The highest BCUT2D eigenvalue weighted by molar-refractivity contribution is 5.87. The fourth-order valence-corrected chi connectivity index (χ4v) is 7.29. The van der Waals surface area contributed by atoms with Crippen LogP contribution in [0.15, 0.2) is 115 Å². The van der Waals surface area contributed by atoms with E-state index in [1.165, 1.54) is 51.5 Å². The van der Waals surface area contributed by atoms with Gasteiger partial charge in [0.15, 0.2) is 0 Å². The second kappa shape index (κ2) is 48.2. The van der Waals surface area contributed by atoms with Crippen LogP contribution in [0.3, 0.4) is 0 Å². The van der Waals surface area contributed by atoms with Crippen LogP contribution in [-0.4, -0.2) is 203 Å². The molecule has 0 spiro atoms. The maximum Gasteiger partial charge on any atom is 0.413 e. The number of rotatable bonds is 17. The Morgan fingerprint density at radius 1 is 0.549 bits per heavy atom. The average molecular weight is 1150 g/mol. The van der Waals surface area contributed by atoms with Crippen LogP contribution < -0.4 is 0 Å². The molecular formula is C61H101N9O12. The average Bonchev–Trinajstić information content (AvgIpc) is 4.27. The molecule has 0 aliphatic carbocycles. The molecule has 6 aliphatic rings. The Hall–Kier alpha value is -7.55. The molecule has 0 aromatic heterocycles. The van der Waals surface area contributed by atoms with Crippen molar-refractivity contribution in [3.63, 3.8) is 0 Å². The van der Waals surface area contributed by atoms with Gasteiger partial charge in [0, 0.05) is 104 Å². The summed E-state index contributed by atoms with van der Waals surface area (Å²) < 4.78 is 14.1. The molecule has 462 valence electrons. The summed E-state index contributed by atoms with van der Waals surface area (Å²) in [7, 11) is 3.37. The molecule has 3 atom stereocenters. The van der Waals surface area contributed by atoms with Gasteiger partial charge >= 0.3 is 12.2 Å². The van der Waals surface area contributed by atoms with Crippen molar-refractivity contribution >= 4 is 53.5 Å². The Bertz CT molecular complexity index is 1980. The van der Waals surface area contributed by atoms with E-state index in [0.29, 0.717) is 57.7 Å². The fraction of sp³-hybridized carbons (Fsp3) is 0.557. The zero-order chi connectivity index (χ0) is 63.2. The van der Waals surface area contributed by atoms with Gasteiger partial charge in [-0.15, -0.1) is 0 Å². The first-order chi connectivity index (χ1) is 39.0. The number of likely N-dealkylation sites (N-methyl/N-ethyl adjacent to an activating group) is 2. The highest BCUT2D eigenvalue weighted by Gasteiger charge is 2.26. The Morgan fingerprint density at radius 2 is 1.04 bits per heavy atom. The van der Waals surface area contributed by atoms with Crippen LogP contribution >= 0.6 is 0 Å². The molecule has 3 unspecified atom stereocenters. The molecule has 6 aliphatic heterocycles. The van der Waals surface area contributed by atoms with Gasteiger partial charge in [0.25, 0.3) is 5.91 Å². The SMILES string of the molecule is C=CC(=O)N(C)C.C=CC(=O)N(CC)CC.C=CC(=O)N(CCCC)CCCC.C=CN1C(=O)CCC1C.C=CN1CC(C)CC1=O.C=CN1CCC(C)C1=O.C=CN1CCCOC1=O.C=CN1CCOC1=O.C=CN1CCOCC1=O. The van der Waals surface area contributed by atoms with Crippen molar-refractivity contribution in [2.24, 2.45) is 11.8 Å². The highest BCUT2D eigenvalue weighted by atomic mass is 16.6. The van der Waals surface area contributed by atoms with Gasteiger partial charge in [-0.1, -0.05) is 99.7 Å². The van der Waals surface area contributed by atoms with Gasteiger partial charge in [0.1, 0.15) is 13.2 Å². The van der Waals surface area contributed by atoms with E-state index in [4.69, 9.17) is 9.47 Å². The zero-order valence-corrected chi connectivity index (χ0v) is 51.3. The minimum atomic E-state index is -0.292. The molecule has 82 heavy (non-hydrogen) atoms. The normalized spacial score (nSPS) is 18.1. The molecule has 21 nitrogen and oxygen atoms in total. The summed E-state index contributed by atoms with van der Waals surface area (Å²) in [6, 6.07) is 0.370. The van der Waals surface area contributed by atoms with Gasteiger partial charge in [-0.2, -0.15) is 0 Å². The first kappa shape index (κ1) is 78.7. The number of hydrogen-bond donors (Lipinski definition) is 0. The van der Waals surface area contributed by atoms with E-state index in [0.717, 1.165) is 90.8 Å². The second-order valence-corrected chi connectivity index (χ2v) is 18.9. The summed E-state index contributed by atoms with van der Waals surface area (Å²) in [5.41, 5.74) is 0. The number of unbranched alkanes of at least 4 members (excludes halogenated alkanes) is 2. The molecule has 0 bridgehead atoms. The number of morpholine rings is 1. The predicted molar refractivity (Wildman–Crippen MR) is 325 cm³/mol. The third-order valence-corrected chi connectivity index (χ3v) is 12.4. The number of cyclic esters (lactones) is 2. The van der Waals surface area contributed by atoms with Crippen molar-refractivity contribution in [2.75, 3.05) is 99.4 Å². The second-order valence-electron chi connectivity index (χ2n) is 18.9. The molecule has 0 radical (unpaired) electrons. The van der Waals surface area contributed by atoms with Crippen LogP contribution in [0.4, 0.5) is 9.59 Å². The molecule has 0 saturated carbocycles. The molecule has 21 heteroatoms. The quantitative estimate of drug-likeness (QED) is 0.125. The van der Waals surface area contributed by atoms with Gasteiger partial charge in [0.2, 0.25) is 35.4 Å². The molecule has 6 fully saturated rings. The number of carbonyl (C=O) groups excluding carboxylic acids is 9. The van der Waals surface area contributed by atoms with Crippen molar-refractivity contribution in [3.05, 3.63) is 115 Å². The van der Waals surface area contributed by atoms with Gasteiger partial charge in [0.05, 0.1) is 19.8 Å². The number of carbonyl (C=O) groups is 9. The molecule has 9 amide bonds. The molecule has 6 saturated heterocycles. The first-order valence-corrected chi connectivity index (χ1v) is 28.0. The minimum Gasteiger partial charge on any atom is -0.449 e. The first-order valence-electron chi connectivity index (χ1n) is 28.0. The third kappa shape index (κ3) is 33.9. The van der Waals surface area contributed by atoms with E-state index in [1.54, 1.807) is 57.2 Å². The predicted octanol–water partition coefficient (Wildman–Crippen LogP) is 8.58. The standard InChI is InChI=1S/C11H21NO.3C7H11NO.C7H13NO.2C6H9NO2.C5H7NO2.C5H9NO/c1-4-7-9-12(10-8-5-2)11(13)6-3;1-3-8-5-6(2)4-7(8)9;1-3-8-5-4-6(2)7(8)9;1-3-8-6(2)4-5-7(8)9;1-4-7(9)8(5-2)6-3;1-2-7-3-4-9-5-6(7)8;1-2-7-4-3-5-9-6(7)8;1-2-6-3-4-8-5(6)7;1-4-5(7)6(2)3/h6H,3-5,7-10H2,1-2H3;3*3,6H,1,4-5H2,2H3;4H,1,5-6H2,2-3H3;2*2H,1,3-5H2;2H,1,3-4H2;4H,1H2,2-3H3. The zero-order valence-electron chi connectivity index (χ0n) is 51.3. The van der Waals surface area contributed by atoms with Crippen LogP contribution in [0.25, 0.3) is 0 Å². The Morgan fingerprint density at radius 3 is 1.29 bits per heavy atom. The van der Waals surface area contributed by atoms with Crippen LogP contribution in [0.1, 0.15) is 106 Å². The van der Waals surface area contributed by atoms with Gasteiger partial charge in [-0.05, 0) is 102 Å². The Kier molecular flexibility index (Phi) is 46.2. The number of ether oxygens (including phenoxy) is 3. The molecular weight excluding hydrogens is 1050 g/mol. The summed E-state index contributed by atoms with van der Waals surface area (Å²) in [5.74, 6) is 1.37. The topological polar surface area (TPSA) is 210 Å². The smallest absolute Gasteiger partial charge is 0.413 e. The van der Waals surface area contributed by atoms with Gasteiger partial charge in [-0.25, -0.2) is 9.59 Å². The van der Waals surface area contributed by atoms with E-state index >= 15 is 0 Å². The van der Waals surface area contributed by atoms with Crippen molar-refractivity contribution in [3.8, 4) is 0 Å². The lowest BCUT2D eigenvalue weighted by molar-refractivity contribution is -0.139. The number of likely N-dealkylation sites (tertiary alicyclic amines) is 3. The maximum absolute atomic E-state index is 11.3. The van der Waals surface area contributed by atoms with Crippen LogP contribution in [0.2, 0.25) is 0 Å². The summed E-state index contributed by atoms with van der Waals surface area (Å²) in [6.45, 7) is 54.2. The number of nitrogens with zero attached hydrogens (tertiary/aromatic N) is 9. The highest BCUT2D eigenvalue weighted by Crippen LogP contribution is 2.18. The minimum absolute atomic E-state index is 0.00347. The summed E-state index contributed by atoms with van der Waals surface area (Å²) in [6.07, 6.45) is 21.4. The van der Waals surface area contributed by atoms with E-state index in [1.807, 2.05) is 32.6 Å². The summed E-state index contributed by atoms with van der Waals surface area (Å²) in [4.78, 5) is 112. The lowest BCUT2D eigenvalue weighted by Gasteiger charge is -2.22. The Labute approximate surface area is 491 Å². The number of amides is 9. The fourth-order valence-electron chi connectivity index (χ4n) is 7.29. The lowest BCUT2D eigenvalue weighted by Crippen LogP contribution is -2.37. The summed E-state index contributed by atoms with van der Waals surface area (Å²) >= 11 is 0. The van der Waals surface area contributed by atoms with Crippen molar-refractivity contribution < 1.29 is 57.4 Å². The number of hydrogen-bond acceptors (Lipinski definition) is 12. The molecule has 0 aromatic rings. The summed E-state index contributed by atoms with van der Waals surface area (Å²) in [5, 5.41) is 0. The van der Waals surface area contributed by atoms with Crippen LogP contribution in [0.5, 0.6) is 0 Å². The van der Waals surface area contributed by atoms with Crippen molar-refractivity contribution in [2.45, 2.75) is 112 Å². The molecule has 6 heterocycles. The van der Waals surface area contributed by atoms with Gasteiger partial charge < -0.3 is 48.5 Å². The largest absolute Gasteiger partial charge is 0.449 e. The van der Waals surface area contributed by atoms with Crippen molar-refractivity contribution in [1.82, 2.24) is 44.1 Å². The third-order valence-electron chi connectivity index (χ3n) is 12.4. The van der Waals surface area contributed by atoms with Crippen LogP contribution in [0, 0.1) is 11.8 Å². The van der Waals surface area contributed by atoms with Gasteiger partial charge in [-0.3, -0.25) is 43.4 Å². The lowest BCUT2D eigenvalue weighted by atomic mass is 10.1. The molecule has 0 N–H and O–H groups in total. The monoisotopic (exact) mass is 1150 g/mol. The molecule has 6 rings (SSSR count). The molecule has 0 aromatic carbocycles. The van der Waals surface area contributed by atoms with E-state index in [-0.39, 0.29) is 66.1 Å². The maximum atomic E-state index is 11.3. The van der Waals surface area contributed by atoms with E-state index in [9.17, 15) is 43.2 Å². The Balaban J connectivity index is -0.000000860. The van der Waals surface area contributed by atoms with Crippen molar-refractivity contribution in [1.29, 1.82) is 0 Å². The van der Waals surface area contributed by atoms with E-state index < -0.39 is 0 Å². The van der Waals surface area contributed by atoms with Crippen LogP contribution in [-0.2, 0) is 47.8 Å². The van der Waals surface area contributed by atoms with E-state index in [2.05, 4.69) is 84.7 Å².